The first kappa shape index (κ1) is 28.4. The van der Waals surface area contributed by atoms with Crippen LogP contribution in [0.25, 0.3) is 0 Å². The van der Waals surface area contributed by atoms with Gasteiger partial charge in [-0.15, -0.1) is 0 Å². The largest absolute Gasteiger partial charge is 0.493 e. The number of carbonyl (C=O) groups is 1. The van der Waals surface area contributed by atoms with Crippen LogP contribution < -0.4 is 19.1 Å². The monoisotopic (exact) mass is 555 g/mol. The van der Waals surface area contributed by atoms with Gasteiger partial charge in [-0.2, -0.15) is 0 Å². The number of amides is 1. The fourth-order valence-electron chi connectivity index (χ4n) is 4.65. The van der Waals surface area contributed by atoms with Gasteiger partial charge in [0.2, 0.25) is 5.91 Å². The molecule has 4 rings (SSSR count). The van der Waals surface area contributed by atoms with Crippen molar-refractivity contribution in [3.63, 3.8) is 0 Å². The number of carbonyl (C=O) groups excluding carboxylic acids is 1. The average molecular weight is 556 g/mol. The number of rotatable bonds is 11. The number of halogens is 1. The van der Waals surface area contributed by atoms with Crippen LogP contribution in [0.4, 0.5) is 10.1 Å². The minimum Gasteiger partial charge on any atom is -0.493 e. The summed E-state index contributed by atoms with van der Waals surface area (Å²) < 4.78 is 52.5. The van der Waals surface area contributed by atoms with Crippen molar-refractivity contribution < 1.29 is 27.1 Å². The maximum absolute atomic E-state index is 13.7. The van der Waals surface area contributed by atoms with Crippen LogP contribution in [-0.4, -0.2) is 53.1 Å². The van der Waals surface area contributed by atoms with E-state index in [1.807, 2.05) is 18.2 Å². The molecule has 0 unspecified atom stereocenters. The van der Waals surface area contributed by atoms with Gasteiger partial charge in [0.25, 0.3) is 10.0 Å². The summed E-state index contributed by atoms with van der Waals surface area (Å²) in [6, 6.07) is 17.1. The highest BCUT2D eigenvalue weighted by Crippen LogP contribution is 2.32. The number of hydrogen-bond acceptors (Lipinski definition) is 6. The van der Waals surface area contributed by atoms with Gasteiger partial charge in [-0.3, -0.25) is 14.0 Å². The zero-order chi connectivity index (χ0) is 27.8. The van der Waals surface area contributed by atoms with Crippen molar-refractivity contribution in [2.45, 2.75) is 37.2 Å². The zero-order valence-electron chi connectivity index (χ0n) is 22.2. The van der Waals surface area contributed by atoms with Crippen LogP contribution in [0.15, 0.2) is 71.6 Å². The van der Waals surface area contributed by atoms with Crippen LogP contribution >= 0.6 is 0 Å². The number of nitrogens with zero attached hydrogens (tertiary/aromatic N) is 2. The Labute approximate surface area is 229 Å². The van der Waals surface area contributed by atoms with Gasteiger partial charge in [0.15, 0.2) is 11.5 Å². The first-order valence-electron chi connectivity index (χ1n) is 12.9. The summed E-state index contributed by atoms with van der Waals surface area (Å²) in [5, 5.41) is 2.87. The van der Waals surface area contributed by atoms with Crippen LogP contribution in [0.3, 0.4) is 0 Å². The topological polar surface area (TPSA) is 88.2 Å². The van der Waals surface area contributed by atoms with Gasteiger partial charge in [0, 0.05) is 19.2 Å². The fraction of sp³-hybridized carbons (Fsp3) is 0.345. The van der Waals surface area contributed by atoms with E-state index in [4.69, 9.17) is 9.47 Å². The van der Waals surface area contributed by atoms with E-state index >= 15 is 0 Å². The molecule has 3 aromatic carbocycles. The van der Waals surface area contributed by atoms with E-state index in [9.17, 15) is 17.6 Å². The maximum Gasteiger partial charge on any atom is 0.264 e. The van der Waals surface area contributed by atoms with Gasteiger partial charge in [0.1, 0.15) is 12.4 Å². The lowest BCUT2D eigenvalue weighted by Crippen LogP contribution is -2.40. The molecule has 208 valence electrons. The number of hydrogen-bond donors (Lipinski definition) is 1. The third kappa shape index (κ3) is 7.07. The van der Waals surface area contributed by atoms with Crippen molar-refractivity contribution >= 4 is 21.6 Å². The van der Waals surface area contributed by atoms with Crippen LogP contribution in [-0.2, 0) is 27.9 Å². The molecule has 0 aromatic heterocycles. The normalized spacial score (nSPS) is 14.0. The summed E-state index contributed by atoms with van der Waals surface area (Å²) >= 11 is 0. The molecule has 1 amide bonds. The molecule has 0 radical (unpaired) electrons. The number of sulfonamides is 1. The van der Waals surface area contributed by atoms with Crippen LogP contribution in [0.2, 0.25) is 0 Å². The standard InChI is InChI=1S/C29H34FN3O5S/c1-37-27-15-14-26(18-28(27)38-2)39(35,36)33(25-12-10-24(30)11-13-25)21-29(34)31-19-22-8-4-5-9-23(22)20-32-16-6-3-7-17-32/h4-5,8-15,18H,3,6-7,16-17,19-21H2,1-2H3,(H,31,34). The zero-order valence-corrected chi connectivity index (χ0v) is 23.0. The molecule has 3 aromatic rings. The quantitative estimate of drug-likeness (QED) is 0.379. The van der Waals surface area contributed by atoms with E-state index in [0.29, 0.717) is 5.75 Å². The molecule has 1 saturated heterocycles. The van der Waals surface area contributed by atoms with E-state index in [1.54, 1.807) is 0 Å². The van der Waals surface area contributed by atoms with Crippen molar-refractivity contribution in [3.8, 4) is 11.5 Å². The third-order valence-electron chi connectivity index (χ3n) is 6.78. The third-order valence-corrected chi connectivity index (χ3v) is 8.55. The van der Waals surface area contributed by atoms with Gasteiger partial charge in [-0.1, -0.05) is 30.7 Å². The fourth-order valence-corrected chi connectivity index (χ4v) is 6.09. The van der Waals surface area contributed by atoms with Crippen LogP contribution in [0.1, 0.15) is 30.4 Å². The number of nitrogens with one attached hydrogen (secondary N) is 1. The number of methoxy groups -OCH3 is 2. The van der Waals surface area contributed by atoms with E-state index in [1.165, 1.54) is 63.8 Å². The van der Waals surface area contributed by atoms with Crippen molar-refractivity contribution in [3.05, 3.63) is 83.7 Å². The highest BCUT2D eigenvalue weighted by molar-refractivity contribution is 7.92. The first-order chi connectivity index (χ1) is 18.8. The smallest absolute Gasteiger partial charge is 0.264 e. The Bertz CT molecular complexity index is 1380. The molecular formula is C29H34FN3O5S. The highest BCUT2D eigenvalue weighted by atomic mass is 32.2. The number of benzene rings is 3. The van der Waals surface area contributed by atoms with E-state index < -0.39 is 28.3 Å². The molecule has 0 aliphatic carbocycles. The Morgan fingerprint density at radius 2 is 1.59 bits per heavy atom. The molecule has 1 aliphatic rings. The second kappa shape index (κ2) is 12.9. The summed E-state index contributed by atoms with van der Waals surface area (Å²) in [7, 11) is -1.37. The highest BCUT2D eigenvalue weighted by Gasteiger charge is 2.28. The molecule has 1 aliphatic heterocycles. The van der Waals surface area contributed by atoms with Crippen molar-refractivity contribution in [2.75, 3.05) is 38.2 Å². The van der Waals surface area contributed by atoms with E-state index in [-0.39, 0.29) is 22.9 Å². The number of piperidine rings is 1. The SMILES string of the molecule is COc1ccc(S(=O)(=O)N(CC(=O)NCc2ccccc2CN2CCCCC2)c2ccc(F)cc2)cc1OC. The lowest BCUT2D eigenvalue weighted by atomic mass is 10.0. The Morgan fingerprint density at radius 1 is 0.923 bits per heavy atom. The van der Waals surface area contributed by atoms with Gasteiger partial charge >= 0.3 is 0 Å². The number of ether oxygens (including phenoxy) is 2. The second-order valence-electron chi connectivity index (χ2n) is 9.39. The molecule has 8 nitrogen and oxygen atoms in total. The first-order valence-corrected chi connectivity index (χ1v) is 14.3. The summed E-state index contributed by atoms with van der Waals surface area (Å²) in [5.41, 5.74) is 2.27. The molecule has 10 heteroatoms. The molecule has 1 heterocycles. The van der Waals surface area contributed by atoms with Crippen LogP contribution in [0.5, 0.6) is 11.5 Å². The Kier molecular flexibility index (Phi) is 9.42. The summed E-state index contributed by atoms with van der Waals surface area (Å²) in [4.78, 5) is 15.4. The lowest BCUT2D eigenvalue weighted by molar-refractivity contribution is -0.119. The molecule has 0 spiro atoms. The van der Waals surface area contributed by atoms with Gasteiger partial charge in [0.05, 0.1) is 24.8 Å². The lowest BCUT2D eigenvalue weighted by Gasteiger charge is -2.27. The molecule has 1 N–H and O–H groups in total. The summed E-state index contributed by atoms with van der Waals surface area (Å²) in [5.74, 6) is -0.411. The van der Waals surface area contributed by atoms with Gasteiger partial charge in [-0.05, 0) is 73.5 Å². The molecule has 1 fully saturated rings. The molecular weight excluding hydrogens is 521 g/mol. The van der Waals surface area contributed by atoms with Crippen LogP contribution in [0, 0.1) is 5.82 Å². The average Bonchev–Trinajstić information content (AvgIpc) is 2.96. The van der Waals surface area contributed by atoms with Crippen molar-refractivity contribution in [2.24, 2.45) is 0 Å². The van der Waals surface area contributed by atoms with Crippen molar-refractivity contribution in [1.29, 1.82) is 0 Å². The maximum atomic E-state index is 13.7. The predicted molar refractivity (Wildman–Crippen MR) is 148 cm³/mol. The van der Waals surface area contributed by atoms with Gasteiger partial charge in [-0.25, -0.2) is 12.8 Å². The Balaban J connectivity index is 1.54. The number of likely N-dealkylation sites (tertiary alicyclic amines) is 1. The molecule has 0 saturated carbocycles. The van der Waals surface area contributed by atoms with Gasteiger partial charge < -0.3 is 14.8 Å². The summed E-state index contributed by atoms with van der Waals surface area (Å²) in [6.07, 6.45) is 3.63. The van der Waals surface area contributed by atoms with Crippen molar-refractivity contribution in [1.82, 2.24) is 10.2 Å². The Morgan fingerprint density at radius 3 is 2.26 bits per heavy atom. The van der Waals surface area contributed by atoms with E-state index in [0.717, 1.165) is 47.2 Å². The van der Waals surface area contributed by atoms with E-state index in [2.05, 4.69) is 16.3 Å². The second-order valence-corrected chi connectivity index (χ2v) is 11.2. The molecule has 39 heavy (non-hydrogen) atoms. The Hall–Kier alpha value is -3.63. The predicted octanol–water partition coefficient (Wildman–Crippen LogP) is 4.34. The minimum atomic E-state index is -4.22. The molecule has 0 atom stereocenters. The summed E-state index contributed by atoms with van der Waals surface area (Å²) in [6.45, 7) is 2.69. The number of anilines is 1. The molecule has 0 bridgehead atoms. The minimum absolute atomic E-state index is 0.0934.